The average Bonchev–Trinajstić information content (AvgIpc) is 2.80. The lowest BCUT2D eigenvalue weighted by Crippen LogP contribution is -2.53. The highest BCUT2D eigenvalue weighted by Gasteiger charge is 2.32. The van der Waals surface area contributed by atoms with Gasteiger partial charge < -0.3 is 10.2 Å². The summed E-state index contributed by atoms with van der Waals surface area (Å²) >= 11 is 12.3. The summed E-state index contributed by atoms with van der Waals surface area (Å²) in [5, 5.41) is 3.64. The fraction of sp³-hybridized carbons (Fsp3) is 0.462. The van der Waals surface area contributed by atoms with E-state index in [2.05, 4.69) is 5.32 Å². The number of sulfonamides is 1. The van der Waals surface area contributed by atoms with Gasteiger partial charge in [0.2, 0.25) is 21.8 Å². The van der Waals surface area contributed by atoms with Crippen LogP contribution < -0.4 is 9.62 Å². The number of carbonyl (C=O) groups excluding carboxylic acids is 2. The lowest BCUT2D eigenvalue weighted by atomic mass is 10.1. The molecule has 0 spiro atoms. The van der Waals surface area contributed by atoms with Gasteiger partial charge in [0.25, 0.3) is 0 Å². The van der Waals surface area contributed by atoms with Crippen molar-refractivity contribution in [1.82, 2.24) is 10.2 Å². The first kappa shape index (κ1) is 29.9. The second kappa shape index (κ2) is 12.8. The Kier molecular flexibility index (Phi) is 10.6. The number of nitrogens with one attached hydrogen (secondary N) is 1. The van der Waals surface area contributed by atoms with Crippen LogP contribution in [0.5, 0.6) is 0 Å². The normalized spacial score (nSPS) is 13.1. The predicted octanol–water partition coefficient (Wildman–Crippen LogP) is 5.10. The van der Waals surface area contributed by atoms with E-state index in [1.165, 1.54) is 4.90 Å². The molecule has 36 heavy (non-hydrogen) atoms. The van der Waals surface area contributed by atoms with Gasteiger partial charge >= 0.3 is 0 Å². The summed E-state index contributed by atoms with van der Waals surface area (Å²) < 4.78 is 26.7. The molecule has 0 unspecified atom stereocenters. The van der Waals surface area contributed by atoms with Gasteiger partial charge in [0.05, 0.1) is 22.0 Å². The minimum Gasteiger partial charge on any atom is -0.352 e. The van der Waals surface area contributed by atoms with Gasteiger partial charge in [0.1, 0.15) is 12.6 Å². The van der Waals surface area contributed by atoms with Crippen LogP contribution >= 0.6 is 23.2 Å². The van der Waals surface area contributed by atoms with Crippen LogP contribution in [0.15, 0.2) is 36.4 Å². The van der Waals surface area contributed by atoms with Crippen molar-refractivity contribution in [2.45, 2.75) is 66.1 Å². The van der Waals surface area contributed by atoms with Gasteiger partial charge in [-0.25, -0.2) is 8.42 Å². The lowest BCUT2D eigenvalue weighted by Gasteiger charge is -2.33. The SMILES string of the molecule is CC[C@H](C(=O)N[C@@H](C)CC)N(Cc1ccc(Cl)c(Cl)c1)C(=O)CN(c1cccc(C)c1C)S(C)(=O)=O. The topological polar surface area (TPSA) is 86.8 Å². The highest BCUT2D eigenvalue weighted by molar-refractivity contribution is 7.92. The van der Waals surface area contributed by atoms with Crippen LogP contribution in [0.4, 0.5) is 5.69 Å². The molecule has 0 aliphatic carbocycles. The van der Waals surface area contributed by atoms with Gasteiger partial charge in [0, 0.05) is 12.6 Å². The van der Waals surface area contributed by atoms with Crippen molar-refractivity contribution in [3.05, 3.63) is 63.1 Å². The molecular weight excluding hydrogens is 521 g/mol. The van der Waals surface area contributed by atoms with E-state index < -0.39 is 28.5 Å². The first-order valence-corrected chi connectivity index (χ1v) is 14.5. The molecule has 1 N–H and O–H groups in total. The first-order valence-electron chi connectivity index (χ1n) is 11.9. The van der Waals surface area contributed by atoms with Crippen molar-refractivity contribution in [2.75, 3.05) is 17.1 Å². The number of hydrogen-bond acceptors (Lipinski definition) is 4. The third kappa shape index (κ3) is 7.60. The third-order valence-electron chi connectivity index (χ3n) is 6.25. The zero-order valence-corrected chi connectivity index (χ0v) is 24.0. The number of amides is 2. The number of nitrogens with zero attached hydrogens (tertiary/aromatic N) is 2. The Hall–Kier alpha value is -2.29. The summed E-state index contributed by atoms with van der Waals surface area (Å²) in [6.07, 6.45) is 2.15. The van der Waals surface area contributed by atoms with E-state index in [9.17, 15) is 18.0 Å². The molecule has 2 aromatic rings. The summed E-state index contributed by atoms with van der Waals surface area (Å²) in [4.78, 5) is 28.4. The Balaban J connectivity index is 2.51. The van der Waals surface area contributed by atoms with E-state index in [4.69, 9.17) is 23.2 Å². The van der Waals surface area contributed by atoms with E-state index in [0.717, 1.165) is 28.1 Å². The standard InChI is InChI=1S/C26H35Cl2N3O4S/c1-7-18(4)29-26(33)23(8-2)30(15-20-12-13-21(27)22(28)14-20)25(32)16-31(36(6,34)35)24-11-9-10-17(3)19(24)5/h9-14,18,23H,7-8,15-16H2,1-6H3,(H,29,33)/t18-,23+/m0/s1. The number of hydrogen-bond donors (Lipinski definition) is 1. The minimum atomic E-state index is -3.80. The van der Waals surface area contributed by atoms with E-state index in [0.29, 0.717) is 27.7 Å². The van der Waals surface area contributed by atoms with Crippen molar-refractivity contribution in [2.24, 2.45) is 0 Å². The molecule has 0 aromatic heterocycles. The van der Waals surface area contributed by atoms with Crippen LogP contribution in [-0.4, -0.2) is 50.0 Å². The van der Waals surface area contributed by atoms with E-state index in [1.54, 1.807) is 30.3 Å². The highest BCUT2D eigenvalue weighted by Crippen LogP contribution is 2.27. The molecule has 2 rings (SSSR count). The van der Waals surface area contributed by atoms with Gasteiger partial charge in [-0.2, -0.15) is 0 Å². The lowest BCUT2D eigenvalue weighted by molar-refractivity contribution is -0.140. The molecule has 7 nitrogen and oxygen atoms in total. The monoisotopic (exact) mass is 555 g/mol. The Morgan fingerprint density at radius 3 is 2.25 bits per heavy atom. The molecule has 2 amide bonds. The molecular formula is C26H35Cl2N3O4S. The molecule has 0 saturated heterocycles. The van der Waals surface area contributed by atoms with E-state index in [-0.39, 0.29) is 18.5 Å². The smallest absolute Gasteiger partial charge is 0.244 e. The Bertz CT molecular complexity index is 1200. The maximum atomic E-state index is 13.8. The van der Waals surface area contributed by atoms with Crippen molar-refractivity contribution in [3.8, 4) is 0 Å². The molecule has 2 atom stereocenters. The van der Waals surface area contributed by atoms with Crippen LogP contribution in [0.1, 0.15) is 50.3 Å². The highest BCUT2D eigenvalue weighted by atomic mass is 35.5. The number of carbonyl (C=O) groups is 2. The molecule has 0 aliphatic heterocycles. The van der Waals surface area contributed by atoms with Gasteiger partial charge in [-0.3, -0.25) is 13.9 Å². The average molecular weight is 557 g/mol. The summed E-state index contributed by atoms with van der Waals surface area (Å²) in [5.74, 6) is -0.795. The van der Waals surface area contributed by atoms with Crippen LogP contribution in [0.2, 0.25) is 10.0 Å². The van der Waals surface area contributed by atoms with Gasteiger partial charge in [-0.1, -0.05) is 55.2 Å². The number of aryl methyl sites for hydroxylation is 1. The van der Waals surface area contributed by atoms with E-state index in [1.807, 2.05) is 40.7 Å². The van der Waals surface area contributed by atoms with Crippen molar-refractivity contribution in [3.63, 3.8) is 0 Å². The fourth-order valence-electron chi connectivity index (χ4n) is 3.80. The fourth-order valence-corrected chi connectivity index (χ4v) is 5.02. The van der Waals surface area contributed by atoms with Gasteiger partial charge in [-0.15, -0.1) is 0 Å². The summed E-state index contributed by atoms with van der Waals surface area (Å²) in [7, 11) is -3.80. The maximum Gasteiger partial charge on any atom is 0.244 e. The summed E-state index contributed by atoms with van der Waals surface area (Å²) in [5.41, 5.74) is 2.76. The molecule has 10 heteroatoms. The Morgan fingerprint density at radius 1 is 1.03 bits per heavy atom. The van der Waals surface area contributed by atoms with Gasteiger partial charge in [-0.05, 0) is 68.5 Å². The zero-order valence-electron chi connectivity index (χ0n) is 21.6. The molecule has 2 aromatic carbocycles. The van der Waals surface area contributed by atoms with Crippen molar-refractivity contribution >= 4 is 50.7 Å². The third-order valence-corrected chi connectivity index (χ3v) is 8.11. The maximum absolute atomic E-state index is 13.8. The zero-order chi connectivity index (χ0) is 27.2. The Labute approximate surface area is 224 Å². The molecule has 0 saturated carbocycles. The number of benzene rings is 2. The number of anilines is 1. The number of rotatable bonds is 11. The molecule has 198 valence electrons. The number of halogens is 2. The summed E-state index contributed by atoms with van der Waals surface area (Å²) in [6.45, 7) is 8.97. The minimum absolute atomic E-state index is 0.0621. The van der Waals surface area contributed by atoms with Crippen molar-refractivity contribution < 1.29 is 18.0 Å². The summed E-state index contributed by atoms with van der Waals surface area (Å²) in [6, 6.07) is 9.42. The predicted molar refractivity (Wildman–Crippen MR) is 147 cm³/mol. The quantitative estimate of drug-likeness (QED) is 0.418. The van der Waals surface area contributed by atoms with Gasteiger partial charge in [0.15, 0.2) is 0 Å². The van der Waals surface area contributed by atoms with Crippen LogP contribution in [-0.2, 0) is 26.2 Å². The van der Waals surface area contributed by atoms with Crippen LogP contribution in [0.25, 0.3) is 0 Å². The Morgan fingerprint density at radius 2 is 1.69 bits per heavy atom. The van der Waals surface area contributed by atoms with E-state index >= 15 is 0 Å². The van der Waals surface area contributed by atoms with Crippen LogP contribution in [0, 0.1) is 13.8 Å². The molecule has 0 heterocycles. The molecule has 0 fully saturated rings. The first-order chi connectivity index (χ1) is 16.8. The second-order valence-corrected chi connectivity index (χ2v) is 11.7. The second-order valence-electron chi connectivity index (χ2n) is 9.00. The molecule has 0 radical (unpaired) electrons. The van der Waals surface area contributed by atoms with Crippen LogP contribution in [0.3, 0.4) is 0 Å². The molecule has 0 aliphatic rings. The largest absolute Gasteiger partial charge is 0.352 e. The molecule has 0 bridgehead atoms. The van der Waals surface area contributed by atoms with Crippen molar-refractivity contribution in [1.29, 1.82) is 0 Å².